The molecule has 0 aliphatic carbocycles. The first-order valence-corrected chi connectivity index (χ1v) is 6.26. The summed E-state index contributed by atoms with van der Waals surface area (Å²) in [7, 11) is 4.25. The summed E-state index contributed by atoms with van der Waals surface area (Å²) < 4.78 is 0. The predicted molar refractivity (Wildman–Crippen MR) is 73.6 cm³/mol. The number of aromatic nitrogens is 2. The van der Waals surface area contributed by atoms with Gasteiger partial charge in [0.2, 0.25) is 0 Å². The van der Waals surface area contributed by atoms with E-state index in [0.717, 1.165) is 30.3 Å². The van der Waals surface area contributed by atoms with E-state index in [4.69, 9.17) is 5.84 Å². The fourth-order valence-electron chi connectivity index (χ4n) is 2.42. The van der Waals surface area contributed by atoms with E-state index in [1.165, 1.54) is 6.42 Å². The second kappa shape index (κ2) is 5.07. The van der Waals surface area contributed by atoms with Crippen LogP contribution in [0.4, 0.5) is 11.6 Å². The number of nitrogen functional groups attached to an aromatic ring is 1. The van der Waals surface area contributed by atoms with Gasteiger partial charge < -0.3 is 15.2 Å². The molecule has 0 radical (unpaired) electrons. The van der Waals surface area contributed by atoms with Crippen LogP contribution in [-0.4, -0.2) is 48.1 Å². The van der Waals surface area contributed by atoms with Crippen molar-refractivity contribution in [3.8, 4) is 0 Å². The van der Waals surface area contributed by atoms with Crippen molar-refractivity contribution in [3.63, 3.8) is 0 Å². The average Bonchev–Trinajstić information content (AvgIpc) is 2.81. The maximum Gasteiger partial charge on any atom is 0.148 e. The fourth-order valence-corrected chi connectivity index (χ4v) is 2.42. The van der Waals surface area contributed by atoms with Gasteiger partial charge in [-0.1, -0.05) is 0 Å². The van der Waals surface area contributed by atoms with Crippen LogP contribution in [0.2, 0.25) is 0 Å². The minimum atomic E-state index is 0.592. The molecule has 1 unspecified atom stereocenters. The summed E-state index contributed by atoms with van der Waals surface area (Å²) in [5, 5.41) is 0. The molecule has 100 valence electrons. The maximum atomic E-state index is 5.50. The number of likely N-dealkylation sites (N-methyl/N-ethyl adjacent to an activating group) is 1. The molecule has 1 aliphatic heterocycles. The highest BCUT2D eigenvalue weighted by Crippen LogP contribution is 2.26. The van der Waals surface area contributed by atoms with Crippen LogP contribution in [0, 0.1) is 13.8 Å². The number of hydrogen-bond donors (Lipinski definition) is 2. The second-order valence-corrected chi connectivity index (χ2v) is 5.06. The highest BCUT2D eigenvalue weighted by Gasteiger charge is 2.26. The van der Waals surface area contributed by atoms with Gasteiger partial charge in [0.1, 0.15) is 17.5 Å². The Kier molecular flexibility index (Phi) is 3.68. The Morgan fingerprint density at radius 2 is 2.06 bits per heavy atom. The smallest absolute Gasteiger partial charge is 0.148 e. The van der Waals surface area contributed by atoms with E-state index in [0.29, 0.717) is 11.9 Å². The molecule has 3 N–H and O–H groups in total. The van der Waals surface area contributed by atoms with Gasteiger partial charge in [-0.15, -0.1) is 0 Å². The van der Waals surface area contributed by atoms with E-state index in [1.54, 1.807) is 0 Å². The lowest BCUT2D eigenvalue weighted by Crippen LogP contribution is -2.32. The van der Waals surface area contributed by atoms with Crippen LogP contribution in [0.25, 0.3) is 0 Å². The second-order valence-electron chi connectivity index (χ2n) is 5.06. The van der Waals surface area contributed by atoms with Gasteiger partial charge in [0.05, 0.1) is 0 Å². The van der Waals surface area contributed by atoms with Crippen LogP contribution in [0.1, 0.15) is 17.8 Å². The standard InChI is InChI=1S/C12H22N6/c1-8-11(16-13)14-9(2)15-12(8)18-6-5-10(7-18)17(3)4/h10H,5-7,13H2,1-4H3,(H,14,15,16). The van der Waals surface area contributed by atoms with Crippen LogP contribution in [0.3, 0.4) is 0 Å². The SMILES string of the molecule is Cc1nc(NN)c(C)c(N2CCC(N(C)C)C2)n1. The topological polar surface area (TPSA) is 70.3 Å². The molecule has 2 heterocycles. The monoisotopic (exact) mass is 250 g/mol. The molecule has 2 rings (SSSR count). The quantitative estimate of drug-likeness (QED) is 0.602. The van der Waals surface area contributed by atoms with Gasteiger partial charge in [0, 0.05) is 24.7 Å². The molecule has 0 amide bonds. The number of aryl methyl sites for hydroxylation is 1. The maximum absolute atomic E-state index is 5.50. The zero-order valence-electron chi connectivity index (χ0n) is 11.6. The Morgan fingerprint density at radius 3 is 2.61 bits per heavy atom. The van der Waals surface area contributed by atoms with Crippen LogP contribution >= 0.6 is 0 Å². The number of rotatable bonds is 3. The van der Waals surface area contributed by atoms with Crippen molar-refractivity contribution >= 4 is 11.6 Å². The van der Waals surface area contributed by atoms with E-state index in [-0.39, 0.29) is 0 Å². The summed E-state index contributed by atoms with van der Waals surface area (Å²) in [6.45, 7) is 5.94. The molecule has 0 spiro atoms. The molecule has 0 saturated carbocycles. The zero-order chi connectivity index (χ0) is 13.3. The fraction of sp³-hybridized carbons (Fsp3) is 0.667. The predicted octanol–water partition coefficient (Wildman–Crippen LogP) is 0.519. The number of nitrogens with one attached hydrogen (secondary N) is 1. The highest BCUT2D eigenvalue weighted by atomic mass is 15.3. The van der Waals surface area contributed by atoms with Crippen LogP contribution in [0.5, 0.6) is 0 Å². The molecule has 1 aromatic heterocycles. The molecule has 0 bridgehead atoms. The number of hydrazine groups is 1. The van der Waals surface area contributed by atoms with Gasteiger partial charge in [0.15, 0.2) is 0 Å². The first-order chi connectivity index (χ1) is 8.52. The Morgan fingerprint density at radius 1 is 1.33 bits per heavy atom. The summed E-state index contributed by atoms with van der Waals surface area (Å²) in [6, 6.07) is 0.592. The summed E-state index contributed by atoms with van der Waals surface area (Å²) in [5.41, 5.74) is 3.66. The van der Waals surface area contributed by atoms with Crippen molar-refractivity contribution < 1.29 is 0 Å². The molecule has 0 aromatic carbocycles. The van der Waals surface area contributed by atoms with Gasteiger partial charge in [-0.25, -0.2) is 15.8 Å². The van der Waals surface area contributed by atoms with Crippen molar-refractivity contribution in [1.82, 2.24) is 14.9 Å². The molecule has 6 heteroatoms. The molecule has 1 saturated heterocycles. The van der Waals surface area contributed by atoms with E-state index < -0.39 is 0 Å². The molecule has 1 fully saturated rings. The first kappa shape index (κ1) is 13.0. The van der Waals surface area contributed by atoms with Crippen LogP contribution < -0.4 is 16.2 Å². The van der Waals surface area contributed by atoms with E-state index in [1.807, 2.05) is 13.8 Å². The number of nitrogens with zero attached hydrogens (tertiary/aromatic N) is 4. The van der Waals surface area contributed by atoms with Gasteiger partial charge in [0.25, 0.3) is 0 Å². The van der Waals surface area contributed by atoms with E-state index in [2.05, 4.69) is 39.3 Å². The Bertz CT molecular complexity index is 431. The lowest BCUT2D eigenvalue weighted by atomic mass is 10.2. The third-order valence-electron chi connectivity index (χ3n) is 3.56. The number of nitrogens with two attached hydrogens (primary N) is 1. The molecular formula is C12H22N6. The van der Waals surface area contributed by atoms with E-state index >= 15 is 0 Å². The minimum Gasteiger partial charge on any atom is -0.355 e. The largest absolute Gasteiger partial charge is 0.355 e. The van der Waals surface area contributed by atoms with Gasteiger partial charge in [-0.05, 0) is 34.4 Å². The average molecular weight is 250 g/mol. The van der Waals surface area contributed by atoms with Crippen LogP contribution in [-0.2, 0) is 0 Å². The molecule has 1 aromatic rings. The summed E-state index contributed by atoms with van der Waals surface area (Å²) in [5.74, 6) is 7.96. The lowest BCUT2D eigenvalue weighted by Gasteiger charge is -2.23. The van der Waals surface area contributed by atoms with Crippen LogP contribution in [0.15, 0.2) is 0 Å². The summed E-state index contributed by atoms with van der Waals surface area (Å²) in [6.07, 6.45) is 1.17. The molecule has 6 nitrogen and oxygen atoms in total. The van der Waals surface area contributed by atoms with Crippen molar-refractivity contribution in [2.24, 2.45) is 5.84 Å². The van der Waals surface area contributed by atoms with Crippen molar-refractivity contribution in [3.05, 3.63) is 11.4 Å². The number of hydrogen-bond acceptors (Lipinski definition) is 6. The van der Waals surface area contributed by atoms with Crippen molar-refractivity contribution in [2.45, 2.75) is 26.3 Å². The van der Waals surface area contributed by atoms with Crippen molar-refractivity contribution in [1.29, 1.82) is 0 Å². The Balaban J connectivity index is 2.26. The third kappa shape index (κ3) is 2.39. The summed E-state index contributed by atoms with van der Waals surface area (Å²) in [4.78, 5) is 13.4. The minimum absolute atomic E-state index is 0.592. The van der Waals surface area contributed by atoms with Gasteiger partial charge in [-0.2, -0.15) is 0 Å². The number of anilines is 2. The van der Waals surface area contributed by atoms with Gasteiger partial charge in [-0.3, -0.25) is 0 Å². The van der Waals surface area contributed by atoms with Gasteiger partial charge >= 0.3 is 0 Å². The van der Waals surface area contributed by atoms with E-state index in [9.17, 15) is 0 Å². The lowest BCUT2D eigenvalue weighted by molar-refractivity contribution is 0.315. The summed E-state index contributed by atoms with van der Waals surface area (Å²) >= 11 is 0. The third-order valence-corrected chi connectivity index (χ3v) is 3.56. The molecule has 18 heavy (non-hydrogen) atoms. The molecular weight excluding hydrogens is 228 g/mol. The van der Waals surface area contributed by atoms with Crippen molar-refractivity contribution in [2.75, 3.05) is 37.5 Å². The Labute approximate surface area is 108 Å². The zero-order valence-corrected chi connectivity index (χ0v) is 11.6. The highest BCUT2D eigenvalue weighted by molar-refractivity contribution is 5.58. The normalized spacial score (nSPS) is 19.7. The Hall–Kier alpha value is -1.40. The first-order valence-electron chi connectivity index (χ1n) is 6.26. The molecule has 1 atom stereocenters. The molecule has 1 aliphatic rings.